The number of allylic oxidation sites excluding steroid dienone is 4. The minimum absolute atomic E-state index is 0.0641. The van der Waals surface area contributed by atoms with Crippen molar-refractivity contribution in [3.8, 4) is 6.07 Å². The molecule has 0 aromatic rings. The predicted molar refractivity (Wildman–Crippen MR) is 141 cm³/mol. The summed E-state index contributed by atoms with van der Waals surface area (Å²) in [5.74, 6) is -0.699. The Morgan fingerprint density at radius 2 is 1.73 bits per heavy atom. The summed E-state index contributed by atoms with van der Waals surface area (Å²) in [5.41, 5.74) is 0.470. The van der Waals surface area contributed by atoms with Gasteiger partial charge in [0.25, 0.3) is 0 Å². The van der Waals surface area contributed by atoms with Crippen LogP contribution in [0.2, 0.25) is 0 Å². The summed E-state index contributed by atoms with van der Waals surface area (Å²) in [4.78, 5) is 38.9. The molecule has 0 aliphatic heterocycles. The smallest absolute Gasteiger partial charge is 0.303 e. The van der Waals surface area contributed by atoms with E-state index in [0.29, 0.717) is 6.42 Å². The summed E-state index contributed by atoms with van der Waals surface area (Å²) in [6.07, 6.45) is 11.4. The molecule has 0 bridgehead atoms. The van der Waals surface area contributed by atoms with Crippen LogP contribution in [0.5, 0.6) is 0 Å². The first kappa shape index (κ1) is 26.4. The second-order valence-electron chi connectivity index (χ2n) is 14.7. The third-order valence-electron chi connectivity index (χ3n) is 12.5. The molecule has 0 amide bonds. The van der Waals surface area contributed by atoms with Gasteiger partial charge in [0.05, 0.1) is 5.57 Å². The lowest BCUT2D eigenvalue weighted by atomic mass is 9.34. The summed E-state index contributed by atoms with van der Waals surface area (Å²) >= 11 is 0. The van der Waals surface area contributed by atoms with E-state index in [0.717, 1.165) is 50.5 Å². The van der Waals surface area contributed by atoms with E-state index in [4.69, 9.17) is 0 Å². The molecule has 5 nitrogen and oxygen atoms in total. The highest BCUT2D eigenvalue weighted by Crippen LogP contribution is 2.74. The standard InChI is InChI=1S/C32H43NO4/c1-19-21-7-9-30(5)24(29(21,4)16-20(18-33)27(19)37)15-23(34)26-22-17-28(2,3)11-13-32(22,10-8-25(35)36)14-12-31(26,30)6/h15-16,19,21-22,26H,7-14,17H2,1-6H3,(H,35,36)/t19-,21-,22?,26?,29-,30+,31+,32+/m0/s1. The van der Waals surface area contributed by atoms with Crippen LogP contribution in [-0.2, 0) is 14.4 Å². The minimum Gasteiger partial charge on any atom is -0.481 e. The summed E-state index contributed by atoms with van der Waals surface area (Å²) in [7, 11) is 0. The van der Waals surface area contributed by atoms with Crippen LogP contribution < -0.4 is 0 Å². The number of Topliss-reactive ketones (excluding diaryl/α,β-unsaturated/α-hetero) is 1. The first-order valence-electron chi connectivity index (χ1n) is 14.3. The molecule has 200 valence electrons. The Kier molecular flexibility index (Phi) is 5.81. The van der Waals surface area contributed by atoms with Gasteiger partial charge in [-0.3, -0.25) is 14.4 Å². The molecule has 5 rings (SSSR count). The average Bonchev–Trinajstić information content (AvgIpc) is 2.82. The van der Waals surface area contributed by atoms with Gasteiger partial charge >= 0.3 is 5.97 Å². The monoisotopic (exact) mass is 505 g/mol. The van der Waals surface area contributed by atoms with Gasteiger partial charge in [0.1, 0.15) is 6.07 Å². The molecule has 0 heterocycles. The van der Waals surface area contributed by atoms with Crippen molar-refractivity contribution in [3.05, 3.63) is 23.3 Å². The van der Waals surface area contributed by atoms with E-state index in [9.17, 15) is 24.8 Å². The number of nitrogens with zero attached hydrogens (tertiary/aromatic N) is 1. The SMILES string of the molecule is C[C@@H]1C(=O)C(C#N)=C[C@]2(C)C3=CC(=O)C4C5CC(C)(C)CC[C@]5(CCC(=O)O)CC[C@@]4(C)[C@]3(C)CC[C@@H]12. The van der Waals surface area contributed by atoms with Crippen molar-refractivity contribution in [2.75, 3.05) is 0 Å². The molecule has 3 fully saturated rings. The van der Waals surface area contributed by atoms with Crippen molar-refractivity contribution in [3.63, 3.8) is 0 Å². The lowest BCUT2D eigenvalue weighted by Gasteiger charge is -2.69. The quantitative estimate of drug-likeness (QED) is 0.461. The molecule has 0 spiro atoms. The molecule has 0 saturated heterocycles. The van der Waals surface area contributed by atoms with Crippen LogP contribution >= 0.6 is 0 Å². The van der Waals surface area contributed by atoms with E-state index in [-0.39, 0.29) is 68.9 Å². The van der Waals surface area contributed by atoms with Crippen LogP contribution in [0.15, 0.2) is 23.3 Å². The Morgan fingerprint density at radius 1 is 1.05 bits per heavy atom. The Labute approximate surface area is 221 Å². The molecule has 5 aliphatic carbocycles. The highest BCUT2D eigenvalue weighted by atomic mass is 16.4. The van der Waals surface area contributed by atoms with Crippen LogP contribution in [0, 0.1) is 62.1 Å². The van der Waals surface area contributed by atoms with Gasteiger partial charge in [0.2, 0.25) is 0 Å². The van der Waals surface area contributed by atoms with E-state index in [2.05, 4.69) is 40.7 Å². The van der Waals surface area contributed by atoms with Crippen LogP contribution in [0.4, 0.5) is 0 Å². The second-order valence-corrected chi connectivity index (χ2v) is 14.7. The number of rotatable bonds is 3. The fourth-order valence-corrected chi connectivity index (χ4v) is 10.2. The normalized spacial score (nSPS) is 46.3. The maximum Gasteiger partial charge on any atom is 0.303 e. The molecular formula is C32H43NO4. The minimum atomic E-state index is -0.747. The Bertz CT molecular complexity index is 1170. The zero-order chi connectivity index (χ0) is 27.2. The highest BCUT2D eigenvalue weighted by Gasteiger charge is 2.68. The number of carbonyl (C=O) groups excluding carboxylic acids is 2. The van der Waals surface area contributed by atoms with E-state index in [1.807, 2.05) is 19.1 Å². The molecular weight excluding hydrogens is 462 g/mol. The van der Waals surface area contributed by atoms with Gasteiger partial charge in [-0.2, -0.15) is 5.26 Å². The molecule has 0 aromatic heterocycles. The number of aliphatic carboxylic acids is 1. The van der Waals surface area contributed by atoms with Crippen LogP contribution in [0.1, 0.15) is 99.3 Å². The van der Waals surface area contributed by atoms with Crippen LogP contribution in [0.3, 0.4) is 0 Å². The fraction of sp³-hybridized carbons (Fsp3) is 0.750. The van der Waals surface area contributed by atoms with E-state index in [1.54, 1.807) is 0 Å². The molecule has 8 atom stereocenters. The summed E-state index contributed by atoms with van der Waals surface area (Å²) in [6, 6.07) is 2.15. The summed E-state index contributed by atoms with van der Waals surface area (Å²) in [5, 5.41) is 19.3. The van der Waals surface area contributed by atoms with Crippen molar-refractivity contribution in [2.45, 2.75) is 99.3 Å². The molecule has 0 aromatic carbocycles. The number of nitriles is 1. The molecule has 5 aliphatic rings. The highest BCUT2D eigenvalue weighted by molar-refractivity contribution is 6.02. The van der Waals surface area contributed by atoms with E-state index >= 15 is 0 Å². The van der Waals surface area contributed by atoms with Crippen molar-refractivity contribution < 1.29 is 19.5 Å². The Hall–Kier alpha value is -2.22. The van der Waals surface area contributed by atoms with Crippen molar-refractivity contribution in [1.29, 1.82) is 5.26 Å². The number of carboxylic acids is 1. The third kappa shape index (κ3) is 3.50. The number of hydrogen-bond donors (Lipinski definition) is 1. The maximum absolute atomic E-state index is 14.3. The van der Waals surface area contributed by atoms with E-state index in [1.165, 1.54) is 0 Å². The maximum atomic E-state index is 14.3. The first-order valence-corrected chi connectivity index (χ1v) is 14.3. The van der Waals surface area contributed by atoms with E-state index < -0.39 is 11.4 Å². The van der Waals surface area contributed by atoms with Gasteiger partial charge in [-0.15, -0.1) is 0 Å². The van der Waals surface area contributed by atoms with Gasteiger partial charge in [0, 0.05) is 23.7 Å². The first-order chi connectivity index (χ1) is 17.1. The average molecular weight is 506 g/mol. The molecule has 3 saturated carbocycles. The van der Waals surface area contributed by atoms with Gasteiger partial charge in [0.15, 0.2) is 11.6 Å². The lowest BCUT2D eigenvalue weighted by Crippen LogP contribution is -2.64. The number of carboxylic acid groups (broad SMARTS) is 1. The van der Waals surface area contributed by atoms with Crippen molar-refractivity contribution in [1.82, 2.24) is 0 Å². The van der Waals surface area contributed by atoms with Gasteiger partial charge in [-0.25, -0.2) is 0 Å². The Morgan fingerprint density at radius 3 is 2.38 bits per heavy atom. The van der Waals surface area contributed by atoms with Crippen molar-refractivity contribution >= 4 is 17.5 Å². The summed E-state index contributed by atoms with van der Waals surface area (Å²) < 4.78 is 0. The van der Waals surface area contributed by atoms with Gasteiger partial charge in [-0.05, 0) is 90.9 Å². The molecule has 5 heteroatoms. The third-order valence-corrected chi connectivity index (χ3v) is 12.5. The fourth-order valence-electron chi connectivity index (χ4n) is 10.2. The Balaban J connectivity index is 1.65. The zero-order valence-corrected chi connectivity index (χ0v) is 23.4. The molecule has 37 heavy (non-hydrogen) atoms. The lowest BCUT2D eigenvalue weighted by molar-refractivity contribution is -0.172. The molecule has 1 N–H and O–H groups in total. The van der Waals surface area contributed by atoms with Crippen LogP contribution in [-0.4, -0.2) is 22.6 Å². The van der Waals surface area contributed by atoms with Crippen molar-refractivity contribution in [2.24, 2.45) is 50.7 Å². The largest absolute Gasteiger partial charge is 0.481 e. The predicted octanol–water partition coefficient (Wildman–Crippen LogP) is 6.68. The summed E-state index contributed by atoms with van der Waals surface area (Å²) in [6.45, 7) is 13.4. The topological polar surface area (TPSA) is 95.2 Å². The number of ketones is 2. The number of fused-ring (bicyclic) bond motifs is 7. The molecule has 2 unspecified atom stereocenters. The second kappa shape index (κ2) is 8.14. The number of carbonyl (C=O) groups is 3. The number of hydrogen-bond acceptors (Lipinski definition) is 4. The zero-order valence-electron chi connectivity index (χ0n) is 23.4. The van der Waals surface area contributed by atoms with Gasteiger partial charge in [-0.1, -0.05) is 53.2 Å². The molecule has 0 radical (unpaired) electrons. The van der Waals surface area contributed by atoms with Gasteiger partial charge < -0.3 is 5.11 Å². The van der Waals surface area contributed by atoms with Crippen LogP contribution in [0.25, 0.3) is 0 Å².